The van der Waals surface area contributed by atoms with Crippen molar-refractivity contribution in [3.63, 3.8) is 0 Å². The maximum absolute atomic E-state index is 13.1. The number of carbonyl (C=O) groups excluding carboxylic acids is 1. The molecular weight excluding hydrogens is 396 g/mol. The number of aromatic amines is 1. The van der Waals surface area contributed by atoms with Crippen LogP contribution in [0.25, 0.3) is 21.3 Å². The topological polar surface area (TPSA) is 104 Å². The van der Waals surface area contributed by atoms with Crippen LogP contribution in [-0.2, 0) is 11.3 Å². The summed E-state index contributed by atoms with van der Waals surface area (Å²) in [6.45, 7) is -0.117. The Morgan fingerprint density at radius 1 is 1.21 bits per heavy atom. The first-order valence-corrected chi connectivity index (χ1v) is 9.45. The van der Waals surface area contributed by atoms with Gasteiger partial charge >= 0.3 is 11.7 Å². The van der Waals surface area contributed by atoms with Gasteiger partial charge in [0.05, 0.1) is 26.2 Å². The molecule has 0 unspecified atom stereocenters. The molecule has 8 nitrogen and oxygen atoms in total. The lowest BCUT2D eigenvalue weighted by atomic mass is 10.1. The minimum Gasteiger partial charge on any atom is -0.497 e. The van der Waals surface area contributed by atoms with Gasteiger partial charge in [0, 0.05) is 10.9 Å². The van der Waals surface area contributed by atoms with Gasteiger partial charge in [-0.05, 0) is 29.8 Å². The standard InChI is InChI=1S/C20H16N2O6S/c1-26-12-5-3-4-11(8-12)14-10-29-17-16(14)18(23)22(20(25)21-17)9-13-6-7-15(28-13)19(24)27-2/h3-8,10H,9H2,1-2H3,(H,21,25). The average Bonchev–Trinajstić information content (AvgIpc) is 3.37. The van der Waals surface area contributed by atoms with E-state index in [0.717, 1.165) is 10.1 Å². The average molecular weight is 412 g/mol. The molecule has 4 aromatic rings. The van der Waals surface area contributed by atoms with E-state index in [9.17, 15) is 14.4 Å². The molecule has 0 radical (unpaired) electrons. The molecule has 3 aromatic heterocycles. The fourth-order valence-electron chi connectivity index (χ4n) is 3.03. The first-order valence-electron chi connectivity index (χ1n) is 8.57. The molecule has 148 valence electrons. The van der Waals surface area contributed by atoms with Crippen LogP contribution >= 0.6 is 11.3 Å². The highest BCUT2D eigenvalue weighted by molar-refractivity contribution is 7.17. The summed E-state index contributed by atoms with van der Waals surface area (Å²) in [5, 5.41) is 2.23. The molecule has 0 saturated carbocycles. The maximum Gasteiger partial charge on any atom is 0.373 e. The van der Waals surface area contributed by atoms with E-state index in [1.165, 1.54) is 30.6 Å². The summed E-state index contributed by atoms with van der Waals surface area (Å²) in [7, 11) is 2.81. The largest absolute Gasteiger partial charge is 0.497 e. The lowest BCUT2D eigenvalue weighted by Gasteiger charge is -2.06. The molecule has 0 bridgehead atoms. The second kappa shape index (κ2) is 7.44. The quantitative estimate of drug-likeness (QED) is 0.506. The van der Waals surface area contributed by atoms with Gasteiger partial charge in [-0.2, -0.15) is 0 Å². The summed E-state index contributed by atoms with van der Waals surface area (Å²) >= 11 is 1.28. The molecule has 9 heteroatoms. The van der Waals surface area contributed by atoms with Crippen LogP contribution in [-0.4, -0.2) is 29.7 Å². The molecule has 0 amide bonds. The Labute approximate surface area is 167 Å². The smallest absolute Gasteiger partial charge is 0.373 e. The Morgan fingerprint density at radius 2 is 2.03 bits per heavy atom. The monoisotopic (exact) mass is 412 g/mol. The number of methoxy groups -OCH3 is 2. The minimum absolute atomic E-state index is 0.000610. The molecular formula is C20H16N2O6S. The van der Waals surface area contributed by atoms with Crippen molar-refractivity contribution in [3.8, 4) is 16.9 Å². The molecule has 0 saturated heterocycles. The van der Waals surface area contributed by atoms with Crippen LogP contribution in [0.15, 0.2) is 55.8 Å². The molecule has 0 spiro atoms. The van der Waals surface area contributed by atoms with Crippen LogP contribution in [0.4, 0.5) is 0 Å². The molecule has 3 heterocycles. The maximum atomic E-state index is 13.1. The Balaban J connectivity index is 1.81. The number of nitrogens with one attached hydrogen (secondary N) is 1. The summed E-state index contributed by atoms with van der Waals surface area (Å²) in [5.74, 6) is 0.319. The molecule has 0 atom stereocenters. The van der Waals surface area contributed by atoms with Crippen molar-refractivity contribution >= 4 is 27.5 Å². The zero-order valence-electron chi connectivity index (χ0n) is 15.6. The number of fused-ring (bicyclic) bond motifs is 1. The molecule has 0 aliphatic carbocycles. The van der Waals surface area contributed by atoms with Crippen molar-refractivity contribution in [1.29, 1.82) is 0 Å². The molecule has 1 N–H and O–H groups in total. The Kier molecular flexibility index (Phi) is 4.81. The van der Waals surface area contributed by atoms with Gasteiger partial charge in [0.25, 0.3) is 5.56 Å². The number of furan rings is 1. The van der Waals surface area contributed by atoms with E-state index in [1.54, 1.807) is 7.11 Å². The van der Waals surface area contributed by atoms with E-state index >= 15 is 0 Å². The highest BCUT2D eigenvalue weighted by Gasteiger charge is 2.17. The van der Waals surface area contributed by atoms with E-state index in [4.69, 9.17) is 9.15 Å². The van der Waals surface area contributed by atoms with Gasteiger partial charge in [0.2, 0.25) is 5.76 Å². The van der Waals surface area contributed by atoms with Crippen molar-refractivity contribution < 1.29 is 18.7 Å². The van der Waals surface area contributed by atoms with Gasteiger partial charge in [-0.3, -0.25) is 14.3 Å². The van der Waals surface area contributed by atoms with Crippen LogP contribution in [0.5, 0.6) is 5.75 Å². The summed E-state index contributed by atoms with van der Waals surface area (Å²) in [6.07, 6.45) is 0. The normalized spacial score (nSPS) is 11.0. The van der Waals surface area contributed by atoms with E-state index in [2.05, 4.69) is 9.72 Å². The number of hydrogen-bond acceptors (Lipinski definition) is 7. The first-order chi connectivity index (χ1) is 14.0. The number of thiophene rings is 1. The molecule has 4 rings (SSSR count). The summed E-state index contributed by atoms with van der Waals surface area (Å²) in [6, 6.07) is 10.3. The minimum atomic E-state index is -0.633. The molecule has 0 fully saturated rings. The molecule has 29 heavy (non-hydrogen) atoms. The first kappa shape index (κ1) is 18.8. The summed E-state index contributed by atoms with van der Waals surface area (Å²) in [5.41, 5.74) is 0.502. The molecule has 0 aliphatic heterocycles. The fourth-order valence-corrected chi connectivity index (χ4v) is 3.98. The highest BCUT2D eigenvalue weighted by atomic mass is 32.1. The summed E-state index contributed by atoms with van der Waals surface area (Å²) < 4.78 is 16.3. The van der Waals surface area contributed by atoms with E-state index < -0.39 is 17.2 Å². The molecule has 0 aliphatic rings. The van der Waals surface area contributed by atoms with Gasteiger partial charge in [0.1, 0.15) is 16.3 Å². The van der Waals surface area contributed by atoms with Crippen LogP contribution in [0.1, 0.15) is 16.3 Å². The lowest BCUT2D eigenvalue weighted by Crippen LogP contribution is -2.35. The predicted octanol–water partition coefficient (Wildman–Crippen LogP) is 2.85. The second-order valence-corrected chi connectivity index (χ2v) is 7.04. The van der Waals surface area contributed by atoms with Gasteiger partial charge in [0.15, 0.2) is 0 Å². The van der Waals surface area contributed by atoms with Gasteiger partial charge in [-0.15, -0.1) is 11.3 Å². The number of aromatic nitrogens is 2. The van der Waals surface area contributed by atoms with Crippen molar-refractivity contribution in [3.05, 3.63) is 74.1 Å². The van der Waals surface area contributed by atoms with Crippen LogP contribution in [0.3, 0.4) is 0 Å². The van der Waals surface area contributed by atoms with E-state index in [1.807, 2.05) is 29.6 Å². The fraction of sp³-hybridized carbons (Fsp3) is 0.150. The van der Waals surface area contributed by atoms with E-state index in [-0.39, 0.29) is 18.1 Å². The number of carbonyl (C=O) groups is 1. The number of H-pyrrole nitrogens is 1. The Morgan fingerprint density at radius 3 is 2.79 bits per heavy atom. The van der Waals surface area contributed by atoms with Crippen LogP contribution < -0.4 is 16.0 Å². The number of ether oxygens (including phenoxy) is 2. The lowest BCUT2D eigenvalue weighted by molar-refractivity contribution is 0.0563. The van der Waals surface area contributed by atoms with Crippen LogP contribution in [0.2, 0.25) is 0 Å². The van der Waals surface area contributed by atoms with Crippen LogP contribution in [0, 0.1) is 0 Å². The number of hydrogen-bond donors (Lipinski definition) is 1. The number of rotatable bonds is 5. The van der Waals surface area contributed by atoms with Crippen molar-refractivity contribution in [2.24, 2.45) is 0 Å². The summed E-state index contributed by atoms with van der Waals surface area (Å²) in [4.78, 5) is 40.4. The predicted molar refractivity (Wildman–Crippen MR) is 108 cm³/mol. The Hall–Kier alpha value is -3.59. The number of esters is 1. The van der Waals surface area contributed by atoms with Gasteiger partial charge in [-0.1, -0.05) is 12.1 Å². The third kappa shape index (κ3) is 3.36. The number of nitrogens with zero attached hydrogens (tertiary/aromatic N) is 1. The zero-order valence-corrected chi connectivity index (χ0v) is 16.4. The van der Waals surface area contributed by atoms with Crippen molar-refractivity contribution in [2.75, 3.05) is 14.2 Å². The molecule has 1 aromatic carbocycles. The van der Waals surface area contributed by atoms with Crippen molar-refractivity contribution in [1.82, 2.24) is 9.55 Å². The third-order valence-electron chi connectivity index (χ3n) is 4.46. The zero-order chi connectivity index (χ0) is 20.5. The second-order valence-electron chi connectivity index (χ2n) is 6.16. The SMILES string of the molecule is COC(=O)c1ccc(Cn2c(=O)[nH]c3scc(-c4cccc(OC)c4)c3c2=O)o1. The highest BCUT2D eigenvalue weighted by Crippen LogP contribution is 2.32. The number of benzene rings is 1. The van der Waals surface area contributed by atoms with Gasteiger partial charge < -0.3 is 13.9 Å². The van der Waals surface area contributed by atoms with Gasteiger partial charge in [-0.25, -0.2) is 9.59 Å². The Bertz CT molecular complexity index is 1330. The third-order valence-corrected chi connectivity index (χ3v) is 5.35. The van der Waals surface area contributed by atoms with Crippen molar-refractivity contribution in [2.45, 2.75) is 6.54 Å². The van der Waals surface area contributed by atoms with E-state index in [0.29, 0.717) is 21.5 Å².